The number of hydrogen-bond acceptors (Lipinski definition) is 4. The van der Waals surface area contributed by atoms with Gasteiger partial charge in [-0.3, -0.25) is 15.8 Å². The minimum atomic E-state index is -0.403. The van der Waals surface area contributed by atoms with Crippen LogP contribution in [0.4, 0.5) is 0 Å². The SMILES string of the molecule is CC(C)(C)OO.CC1CCC(C(C)C)CC1.OO. The molecule has 0 aliphatic heterocycles. The summed E-state index contributed by atoms with van der Waals surface area (Å²) in [5, 5.41) is 19.9. The minimum absolute atomic E-state index is 0.403. The normalized spacial score (nSPS) is 23.7. The summed E-state index contributed by atoms with van der Waals surface area (Å²) >= 11 is 0. The van der Waals surface area contributed by atoms with E-state index in [0.717, 1.165) is 17.8 Å². The molecule has 0 amide bonds. The largest absolute Gasteiger partial charge is 0.255 e. The van der Waals surface area contributed by atoms with Gasteiger partial charge in [-0.2, -0.15) is 0 Å². The summed E-state index contributed by atoms with van der Waals surface area (Å²) < 4.78 is 0. The summed E-state index contributed by atoms with van der Waals surface area (Å²) in [5.41, 5.74) is -0.403. The molecule has 0 unspecified atom stereocenters. The second kappa shape index (κ2) is 10.7. The first-order chi connectivity index (χ1) is 8.26. The Morgan fingerprint density at radius 3 is 1.56 bits per heavy atom. The van der Waals surface area contributed by atoms with Gasteiger partial charge in [0.25, 0.3) is 0 Å². The molecule has 112 valence electrons. The van der Waals surface area contributed by atoms with Crippen molar-refractivity contribution in [2.75, 3.05) is 0 Å². The van der Waals surface area contributed by atoms with Crippen LogP contribution < -0.4 is 0 Å². The van der Waals surface area contributed by atoms with Gasteiger partial charge in [0.2, 0.25) is 0 Å². The maximum absolute atomic E-state index is 7.90. The molecule has 0 radical (unpaired) electrons. The van der Waals surface area contributed by atoms with Crippen LogP contribution >= 0.6 is 0 Å². The summed E-state index contributed by atoms with van der Waals surface area (Å²) in [6.45, 7) is 12.4. The zero-order valence-electron chi connectivity index (χ0n) is 12.8. The molecule has 4 nitrogen and oxygen atoms in total. The Bertz CT molecular complexity index is 167. The van der Waals surface area contributed by atoms with E-state index < -0.39 is 5.60 Å². The molecule has 0 heterocycles. The molecule has 0 saturated heterocycles. The fourth-order valence-electron chi connectivity index (χ4n) is 1.95. The van der Waals surface area contributed by atoms with Crippen molar-refractivity contribution in [3.8, 4) is 0 Å². The molecule has 18 heavy (non-hydrogen) atoms. The highest BCUT2D eigenvalue weighted by Gasteiger charge is 2.20. The summed E-state index contributed by atoms with van der Waals surface area (Å²) in [7, 11) is 0. The molecule has 0 aromatic rings. The van der Waals surface area contributed by atoms with Gasteiger partial charge in [-0.1, -0.05) is 33.6 Å². The predicted molar refractivity (Wildman–Crippen MR) is 74.7 cm³/mol. The molecule has 0 aromatic carbocycles. The molecule has 1 rings (SSSR count). The van der Waals surface area contributed by atoms with Crippen LogP contribution in [0, 0.1) is 17.8 Å². The van der Waals surface area contributed by atoms with Crippen molar-refractivity contribution in [1.29, 1.82) is 0 Å². The van der Waals surface area contributed by atoms with Gasteiger partial charge in [-0.05, 0) is 51.4 Å². The van der Waals surface area contributed by atoms with Gasteiger partial charge in [-0.25, -0.2) is 4.89 Å². The summed E-state index contributed by atoms with van der Waals surface area (Å²) in [5.74, 6) is 2.97. The summed E-state index contributed by atoms with van der Waals surface area (Å²) in [4.78, 5) is 3.94. The molecule has 3 N–H and O–H groups in total. The van der Waals surface area contributed by atoms with Gasteiger partial charge in [0.15, 0.2) is 0 Å². The Hall–Kier alpha value is -0.160. The van der Waals surface area contributed by atoms with Crippen LogP contribution in [0.5, 0.6) is 0 Å². The number of hydrogen-bond donors (Lipinski definition) is 3. The quantitative estimate of drug-likeness (QED) is 0.471. The van der Waals surface area contributed by atoms with Crippen LogP contribution in [0.25, 0.3) is 0 Å². The zero-order valence-corrected chi connectivity index (χ0v) is 12.8. The second-order valence-corrected chi connectivity index (χ2v) is 6.47. The molecule has 0 atom stereocenters. The monoisotopic (exact) mass is 264 g/mol. The first-order valence-electron chi connectivity index (χ1n) is 6.79. The third kappa shape index (κ3) is 12.3. The van der Waals surface area contributed by atoms with E-state index in [1.165, 1.54) is 25.7 Å². The van der Waals surface area contributed by atoms with Crippen molar-refractivity contribution >= 4 is 0 Å². The minimum Gasteiger partial charge on any atom is -0.255 e. The summed E-state index contributed by atoms with van der Waals surface area (Å²) in [6, 6.07) is 0. The Labute approximate surface area is 112 Å². The van der Waals surface area contributed by atoms with Crippen LogP contribution in [0.3, 0.4) is 0 Å². The van der Waals surface area contributed by atoms with Gasteiger partial charge in [0.05, 0.1) is 5.60 Å². The lowest BCUT2D eigenvalue weighted by atomic mass is 9.78. The maximum atomic E-state index is 7.90. The van der Waals surface area contributed by atoms with E-state index >= 15 is 0 Å². The van der Waals surface area contributed by atoms with Crippen molar-refractivity contribution in [1.82, 2.24) is 0 Å². The highest BCUT2D eigenvalue weighted by molar-refractivity contribution is 4.71. The van der Waals surface area contributed by atoms with E-state index in [1.54, 1.807) is 20.8 Å². The number of rotatable bonds is 1. The fraction of sp³-hybridized carbons (Fsp3) is 1.00. The lowest BCUT2D eigenvalue weighted by Crippen LogP contribution is -2.16. The summed E-state index contributed by atoms with van der Waals surface area (Å²) in [6.07, 6.45) is 5.92. The Balaban J connectivity index is 0. The molecule has 0 bridgehead atoms. The van der Waals surface area contributed by atoms with E-state index in [4.69, 9.17) is 15.8 Å². The van der Waals surface area contributed by atoms with E-state index in [-0.39, 0.29) is 0 Å². The third-order valence-electron chi connectivity index (χ3n) is 3.28. The van der Waals surface area contributed by atoms with Crippen LogP contribution in [-0.2, 0) is 4.89 Å². The van der Waals surface area contributed by atoms with Gasteiger partial charge in [0.1, 0.15) is 0 Å². The van der Waals surface area contributed by atoms with Gasteiger partial charge in [0, 0.05) is 0 Å². The molecule has 1 aliphatic carbocycles. The van der Waals surface area contributed by atoms with Crippen LogP contribution in [-0.4, -0.2) is 21.4 Å². The maximum Gasteiger partial charge on any atom is 0.0949 e. The van der Waals surface area contributed by atoms with E-state index in [9.17, 15) is 0 Å². The molecule has 1 aliphatic rings. The smallest absolute Gasteiger partial charge is 0.0949 e. The van der Waals surface area contributed by atoms with Crippen LogP contribution in [0.15, 0.2) is 0 Å². The average molecular weight is 264 g/mol. The molecule has 4 heteroatoms. The first kappa shape index (κ1) is 20.2. The van der Waals surface area contributed by atoms with Gasteiger partial charge < -0.3 is 0 Å². The topological polar surface area (TPSA) is 69.9 Å². The molecule has 1 saturated carbocycles. The highest BCUT2D eigenvalue weighted by Crippen LogP contribution is 2.32. The molecular formula is C14H32O4. The lowest BCUT2D eigenvalue weighted by Gasteiger charge is -2.28. The van der Waals surface area contributed by atoms with E-state index in [2.05, 4.69) is 25.7 Å². The lowest BCUT2D eigenvalue weighted by molar-refractivity contribution is -0.306. The van der Waals surface area contributed by atoms with Crippen molar-refractivity contribution in [2.24, 2.45) is 17.8 Å². The Morgan fingerprint density at radius 2 is 1.33 bits per heavy atom. The Morgan fingerprint density at radius 1 is 1.00 bits per heavy atom. The molecule has 0 spiro atoms. The van der Waals surface area contributed by atoms with Crippen molar-refractivity contribution in [2.45, 2.75) is 72.8 Å². The second-order valence-electron chi connectivity index (χ2n) is 6.47. The van der Waals surface area contributed by atoms with Crippen molar-refractivity contribution in [3.63, 3.8) is 0 Å². The third-order valence-corrected chi connectivity index (χ3v) is 3.28. The molecule has 1 fully saturated rings. The zero-order chi connectivity index (χ0) is 14.8. The highest BCUT2D eigenvalue weighted by atomic mass is 17.1. The van der Waals surface area contributed by atoms with E-state index in [0.29, 0.717) is 0 Å². The van der Waals surface area contributed by atoms with Crippen LogP contribution in [0.1, 0.15) is 67.2 Å². The van der Waals surface area contributed by atoms with Crippen molar-refractivity contribution < 1.29 is 20.7 Å². The fourth-order valence-corrected chi connectivity index (χ4v) is 1.95. The molecule has 0 aromatic heterocycles. The Kier molecular flexibility index (Phi) is 12.0. The molecular weight excluding hydrogens is 232 g/mol. The van der Waals surface area contributed by atoms with Crippen LogP contribution in [0.2, 0.25) is 0 Å². The van der Waals surface area contributed by atoms with Gasteiger partial charge in [-0.15, -0.1) is 0 Å². The standard InChI is InChI=1S/C10H20.C4H10O2.H2O2/c1-8(2)10-6-4-9(3)5-7-10;1-4(2,3)6-5;1-2/h8-10H,4-7H2,1-3H3;5H,1-3H3;1-2H. The van der Waals surface area contributed by atoms with Crippen molar-refractivity contribution in [3.05, 3.63) is 0 Å². The van der Waals surface area contributed by atoms with E-state index in [1.807, 2.05) is 0 Å². The first-order valence-corrected chi connectivity index (χ1v) is 6.79. The average Bonchev–Trinajstić information content (AvgIpc) is 2.32. The predicted octanol–water partition coefficient (Wildman–Crippen LogP) is 4.76. The van der Waals surface area contributed by atoms with Gasteiger partial charge >= 0.3 is 0 Å².